The van der Waals surface area contributed by atoms with Crippen LogP contribution in [0.15, 0.2) is 0 Å². The molecule has 2 aliphatic heterocycles. The summed E-state index contributed by atoms with van der Waals surface area (Å²) in [6.45, 7) is 3.12. The van der Waals surface area contributed by atoms with E-state index in [9.17, 15) is 4.79 Å². The summed E-state index contributed by atoms with van der Waals surface area (Å²) in [4.78, 5) is 13.7. The molecular formula is C10H17NO3. The van der Waals surface area contributed by atoms with Crippen LogP contribution in [0.4, 0.5) is 0 Å². The van der Waals surface area contributed by atoms with Crippen LogP contribution in [0.1, 0.15) is 12.8 Å². The summed E-state index contributed by atoms with van der Waals surface area (Å²) in [6.07, 6.45) is 1.72. The molecule has 1 N–H and O–H groups in total. The standard InChI is InChI=1S/C10H17NO3/c12-7-8-5-11(6-8)10(13)9-1-3-14-4-2-9/h8-9,12H,1-7H2. The van der Waals surface area contributed by atoms with Crippen LogP contribution in [-0.4, -0.2) is 48.8 Å². The third-order valence-corrected chi connectivity index (χ3v) is 3.10. The van der Waals surface area contributed by atoms with Gasteiger partial charge in [0.25, 0.3) is 0 Å². The third-order valence-electron chi connectivity index (χ3n) is 3.10. The van der Waals surface area contributed by atoms with E-state index in [-0.39, 0.29) is 18.4 Å². The topological polar surface area (TPSA) is 49.8 Å². The second kappa shape index (κ2) is 4.28. The molecule has 4 nitrogen and oxygen atoms in total. The molecule has 2 aliphatic rings. The molecule has 2 fully saturated rings. The van der Waals surface area contributed by atoms with Gasteiger partial charge in [0.15, 0.2) is 0 Å². The monoisotopic (exact) mass is 199 g/mol. The number of amides is 1. The number of nitrogens with zero attached hydrogens (tertiary/aromatic N) is 1. The third kappa shape index (κ3) is 1.91. The number of likely N-dealkylation sites (tertiary alicyclic amines) is 1. The van der Waals surface area contributed by atoms with Gasteiger partial charge in [0.05, 0.1) is 0 Å². The van der Waals surface area contributed by atoms with Crippen molar-refractivity contribution in [3.05, 3.63) is 0 Å². The summed E-state index contributed by atoms with van der Waals surface area (Å²) in [5, 5.41) is 8.84. The molecule has 0 spiro atoms. The number of ether oxygens (including phenoxy) is 1. The van der Waals surface area contributed by atoms with Gasteiger partial charge in [0, 0.05) is 44.7 Å². The maximum Gasteiger partial charge on any atom is 0.225 e. The Morgan fingerprint density at radius 3 is 2.57 bits per heavy atom. The molecule has 80 valence electrons. The number of carbonyl (C=O) groups excluding carboxylic acids is 1. The predicted molar refractivity (Wildman–Crippen MR) is 50.7 cm³/mol. The average Bonchev–Trinajstić information content (AvgIpc) is 2.17. The van der Waals surface area contributed by atoms with Crippen LogP contribution in [0.2, 0.25) is 0 Å². The second-order valence-electron chi connectivity index (χ2n) is 4.18. The summed E-state index contributed by atoms with van der Waals surface area (Å²) in [6, 6.07) is 0. The number of aliphatic hydroxyl groups is 1. The molecule has 0 unspecified atom stereocenters. The zero-order valence-electron chi connectivity index (χ0n) is 8.32. The number of aliphatic hydroxyl groups excluding tert-OH is 1. The molecule has 0 aromatic rings. The molecule has 2 rings (SSSR count). The number of carbonyl (C=O) groups is 1. The van der Waals surface area contributed by atoms with Crippen LogP contribution in [0, 0.1) is 11.8 Å². The van der Waals surface area contributed by atoms with Gasteiger partial charge in [0.2, 0.25) is 5.91 Å². The SMILES string of the molecule is O=C(C1CCOCC1)N1CC(CO)C1. The van der Waals surface area contributed by atoms with Gasteiger partial charge < -0.3 is 14.7 Å². The lowest BCUT2D eigenvalue weighted by Crippen LogP contribution is -2.53. The van der Waals surface area contributed by atoms with Crippen molar-refractivity contribution in [3.63, 3.8) is 0 Å². The lowest BCUT2D eigenvalue weighted by molar-refractivity contribution is -0.145. The predicted octanol–water partition coefficient (Wildman–Crippen LogP) is -0.136. The van der Waals surface area contributed by atoms with Crippen LogP contribution in [0.25, 0.3) is 0 Å². The minimum atomic E-state index is 0.170. The molecule has 0 aromatic carbocycles. The highest BCUT2D eigenvalue weighted by Crippen LogP contribution is 2.23. The quantitative estimate of drug-likeness (QED) is 0.673. The fraction of sp³-hybridized carbons (Fsp3) is 0.900. The minimum absolute atomic E-state index is 0.170. The van der Waals surface area contributed by atoms with Crippen molar-refractivity contribution in [1.29, 1.82) is 0 Å². The van der Waals surface area contributed by atoms with Crippen molar-refractivity contribution in [2.45, 2.75) is 12.8 Å². The lowest BCUT2D eigenvalue weighted by Gasteiger charge is -2.40. The van der Waals surface area contributed by atoms with Crippen LogP contribution in [0.3, 0.4) is 0 Å². The van der Waals surface area contributed by atoms with Gasteiger partial charge in [-0.05, 0) is 12.8 Å². The molecule has 0 atom stereocenters. The maximum atomic E-state index is 11.8. The Bertz CT molecular complexity index is 207. The fourth-order valence-electron chi connectivity index (χ4n) is 2.07. The molecule has 1 amide bonds. The first-order valence-electron chi connectivity index (χ1n) is 5.28. The average molecular weight is 199 g/mol. The van der Waals surface area contributed by atoms with E-state index in [4.69, 9.17) is 9.84 Å². The highest BCUT2D eigenvalue weighted by molar-refractivity contribution is 5.79. The smallest absolute Gasteiger partial charge is 0.225 e. The minimum Gasteiger partial charge on any atom is -0.396 e. The van der Waals surface area contributed by atoms with E-state index in [2.05, 4.69) is 0 Å². The molecule has 2 heterocycles. The largest absolute Gasteiger partial charge is 0.396 e. The Hall–Kier alpha value is -0.610. The Labute approximate surface area is 83.8 Å². The van der Waals surface area contributed by atoms with Crippen LogP contribution in [0.5, 0.6) is 0 Å². The molecule has 0 radical (unpaired) electrons. The van der Waals surface area contributed by atoms with Crippen LogP contribution < -0.4 is 0 Å². The van der Waals surface area contributed by atoms with Gasteiger partial charge in [-0.25, -0.2) is 0 Å². The molecule has 4 heteroatoms. The summed E-state index contributed by atoms with van der Waals surface area (Å²) in [7, 11) is 0. The van der Waals surface area contributed by atoms with Crippen LogP contribution in [-0.2, 0) is 9.53 Å². The molecule has 0 bridgehead atoms. The highest BCUT2D eigenvalue weighted by atomic mass is 16.5. The van der Waals surface area contributed by atoms with Gasteiger partial charge in [0.1, 0.15) is 0 Å². The summed E-state index contributed by atoms with van der Waals surface area (Å²) >= 11 is 0. The van der Waals surface area contributed by atoms with E-state index in [1.807, 2.05) is 4.90 Å². The lowest BCUT2D eigenvalue weighted by atomic mass is 9.94. The van der Waals surface area contributed by atoms with Crippen molar-refractivity contribution in [2.75, 3.05) is 32.9 Å². The van der Waals surface area contributed by atoms with Crippen molar-refractivity contribution in [2.24, 2.45) is 11.8 Å². The van der Waals surface area contributed by atoms with Gasteiger partial charge in [-0.2, -0.15) is 0 Å². The van der Waals surface area contributed by atoms with Crippen molar-refractivity contribution >= 4 is 5.91 Å². The Morgan fingerprint density at radius 1 is 1.36 bits per heavy atom. The Balaban J connectivity index is 1.78. The maximum absolute atomic E-state index is 11.8. The molecule has 14 heavy (non-hydrogen) atoms. The highest BCUT2D eigenvalue weighted by Gasteiger charge is 2.34. The van der Waals surface area contributed by atoms with E-state index in [0.29, 0.717) is 19.1 Å². The molecule has 0 aromatic heterocycles. The van der Waals surface area contributed by atoms with Gasteiger partial charge in [-0.3, -0.25) is 4.79 Å². The van der Waals surface area contributed by atoms with Crippen LogP contribution >= 0.6 is 0 Å². The molecule has 0 aliphatic carbocycles. The molecular weight excluding hydrogens is 182 g/mol. The van der Waals surface area contributed by atoms with Crippen molar-refractivity contribution < 1.29 is 14.6 Å². The molecule has 2 saturated heterocycles. The first kappa shape index (κ1) is 9.93. The van der Waals surface area contributed by atoms with Gasteiger partial charge in [-0.15, -0.1) is 0 Å². The first-order valence-corrected chi connectivity index (χ1v) is 5.28. The normalized spacial score (nSPS) is 24.8. The summed E-state index contributed by atoms with van der Waals surface area (Å²) < 4.78 is 5.21. The number of rotatable bonds is 2. The summed E-state index contributed by atoms with van der Waals surface area (Å²) in [5.41, 5.74) is 0. The summed E-state index contributed by atoms with van der Waals surface area (Å²) in [5.74, 6) is 0.750. The number of hydrogen-bond acceptors (Lipinski definition) is 3. The Morgan fingerprint density at radius 2 is 2.00 bits per heavy atom. The van der Waals surface area contributed by atoms with E-state index < -0.39 is 0 Å². The Kier molecular flexibility index (Phi) is 3.03. The molecule has 0 saturated carbocycles. The van der Waals surface area contributed by atoms with E-state index >= 15 is 0 Å². The second-order valence-corrected chi connectivity index (χ2v) is 4.18. The zero-order chi connectivity index (χ0) is 9.97. The van der Waals surface area contributed by atoms with E-state index in [0.717, 1.165) is 25.9 Å². The van der Waals surface area contributed by atoms with Gasteiger partial charge in [-0.1, -0.05) is 0 Å². The number of hydrogen-bond donors (Lipinski definition) is 1. The van der Waals surface area contributed by atoms with E-state index in [1.165, 1.54) is 0 Å². The van der Waals surface area contributed by atoms with Crippen molar-refractivity contribution in [3.8, 4) is 0 Å². The van der Waals surface area contributed by atoms with Crippen molar-refractivity contribution in [1.82, 2.24) is 4.90 Å². The first-order chi connectivity index (χ1) is 6.81. The zero-order valence-corrected chi connectivity index (χ0v) is 8.32. The van der Waals surface area contributed by atoms with E-state index in [1.54, 1.807) is 0 Å². The fourth-order valence-corrected chi connectivity index (χ4v) is 2.07. The van der Waals surface area contributed by atoms with Gasteiger partial charge >= 0.3 is 0 Å².